The number of hydrogen-bond donors (Lipinski definition) is 1. The summed E-state index contributed by atoms with van der Waals surface area (Å²) in [7, 11) is 2.11. The Morgan fingerprint density at radius 3 is 2.47 bits per heavy atom. The van der Waals surface area contributed by atoms with Crippen molar-refractivity contribution in [2.75, 3.05) is 26.9 Å². The molecule has 3 heteroatoms. The summed E-state index contributed by atoms with van der Waals surface area (Å²) in [6, 6.07) is 0.510. The van der Waals surface area contributed by atoms with E-state index in [1.165, 1.54) is 51.4 Å². The SMILES string of the molecule is CCOC1(C(CC2CCOCC2)NC)CCCCC1. The van der Waals surface area contributed by atoms with E-state index in [-0.39, 0.29) is 5.60 Å². The lowest BCUT2D eigenvalue weighted by Crippen LogP contribution is -2.53. The summed E-state index contributed by atoms with van der Waals surface area (Å²) in [4.78, 5) is 0. The van der Waals surface area contributed by atoms with Crippen LogP contribution in [-0.4, -0.2) is 38.5 Å². The molecule has 1 N–H and O–H groups in total. The maximum absolute atomic E-state index is 6.27. The van der Waals surface area contributed by atoms with Crippen molar-refractivity contribution in [1.29, 1.82) is 0 Å². The summed E-state index contributed by atoms with van der Waals surface area (Å²) in [5, 5.41) is 3.58. The van der Waals surface area contributed by atoms with Crippen LogP contribution in [0.1, 0.15) is 58.3 Å². The first kappa shape index (κ1) is 15.3. The van der Waals surface area contributed by atoms with Crippen molar-refractivity contribution in [3.8, 4) is 0 Å². The maximum atomic E-state index is 6.27. The van der Waals surface area contributed by atoms with Crippen molar-refractivity contribution in [2.24, 2.45) is 5.92 Å². The topological polar surface area (TPSA) is 30.5 Å². The maximum Gasteiger partial charge on any atom is 0.0834 e. The van der Waals surface area contributed by atoms with Gasteiger partial charge in [0.15, 0.2) is 0 Å². The highest BCUT2D eigenvalue weighted by atomic mass is 16.5. The minimum atomic E-state index is 0.0973. The van der Waals surface area contributed by atoms with Gasteiger partial charge in [-0.05, 0) is 52.0 Å². The number of nitrogens with one attached hydrogen (secondary N) is 1. The van der Waals surface area contributed by atoms with Gasteiger partial charge >= 0.3 is 0 Å². The van der Waals surface area contributed by atoms with Crippen molar-refractivity contribution in [2.45, 2.75) is 69.9 Å². The summed E-state index contributed by atoms with van der Waals surface area (Å²) in [5.41, 5.74) is 0.0973. The quantitative estimate of drug-likeness (QED) is 0.803. The molecule has 0 spiro atoms. The smallest absolute Gasteiger partial charge is 0.0834 e. The molecule has 0 aromatic carbocycles. The molecule has 0 bridgehead atoms. The zero-order valence-electron chi connectivity index (χ0n) is 12.7. The predicted molar refractivity (Wildman–Crippen MR) is 78.4 cm³/mol. The van der Waals surface area contributed by atoms with Crippen LogP contribution in [0.25, 0.3) is 0 Å². The molecule has 2 rings (SSSR count). The van der Waals surface area contributed by atoms with Gasteiger partial charge in [0.05, 0.1) is 5.60 Å². The second-order valence-corrected chi connectivity index (χ2v) is 6.19. The Balaban J connectivity index is 1.98. The molecule has 0 amide bonds. The molecule has 1 aliphatic heterocycles. The van der Waals surface area contributed by atoms with E-state index in [0.29, 0.717) is 6.04 Å². The largest absolute Gasteiger partial charge is 0.381 e. The molecule has 0 aromatic heterocycles. The first-order valence-electron chi connectivity index (χ1n) is 8.19. The summed E-state index contributed by atoms with van der Waals surface area (Å²) in [6.07, 6.45) is 10.2. The van der Waals surface area contributed by atoms with Gasteiger partial charge in [0.1, 0.15) is 0 Å². The second-order valence-electron chi connectivity index (χ2n) is 6.19. The van der Waals surface area contributed by atoms with E-state index < -0.39 is 0 Å². The van der Waals surface area contributed by atoms with Crippen LogP contribution < -0.4 is 5.32 Å². The van der Waals surface area contributed by atoms with Crippen LogP contribution in [0.5, 0.6) is 0 Å². The number of rotatable bonds is 6. The normalized spacial score (nSPS) is 26.2. The van der Waals surface area contributed by atoms with Gasteiger partial charge in [-0.1, -0.05) is 19.3 Å². The van der Waals surface area contributed by atoms with Gasteiger partial charge in [-0.25, -0.2) is 0 Å². The molecular weight excluding hydrogens is 238 g/mol. The average Bonchev–Trinajstić information content (AvgIpc) is 2.47. The van der Waals surface area contributed by atoms with Gasteiger partial charge in [-0.3, -0.25) is 0 Å². The van der Waals surface area contributed by atoms with Gasteiger partial charge in [0, 0.05) is 25.9 Å². The van der Waals surface area contributed by atoms with Crippen LogP contribution in [0.15, 0.2) is 0 Å². The second kappa shape index (κ2) is 7.61. The summed E-state index contributed by atoms with van der Waals surface area (Å²) >= 11 is 0. The third kappa shape index (κ3) is 3.93. The molecule has 1 saturated carbocycles. The zero-order chi connectivity index (χ0) is 13.6. The highest BCUT2D eigenvalue weighted by Crippen LogP contribution is 2.37. The summed E-state index contributed by atoms with van der Waals surface area (Å²) in [6.45, 7) is 4.87. The molecule has 19 heavy (non-hydrogen) atoms. The highest BCUT2D eigenvalue weighted by molar-refractivity contribution is 4.96. The van der Waals surface area contributed by atoms with Crippen LogP contribution in [0.3, 0.4) is 0 Å². The third-order valence-corrected chi connectivity index (χ3v) is 5.03. The average molecular weight is 269 g/mol. The van der Waals surface area contributed by atoms with E-state index >= 15 is 0 Å². The van der Waals surface area contributed by atoms with Crippen molar-refractivity contribution < 1.29 is 9.47 Å². The Morgan fingerprint density at radius 2 is 1.89 bits per heavy atom. The molecule has 3 nitrogen and oxygen atoms in total. The van der Waals surface area contributed by atoms with Crippen LogP contribution in [0.4, 0.5) is 0 Å². The monoisotopic (exact) mass is 269 g/mol. The first-order valence-corrected chi connectivity index (χ1v) is 8.19. The summed E-state index contributed by atoms with van der Waals surface area (Å²) in [5.74, 6) is 0.811. The lowest BCUT2D eigenvalue weighted by Gasteiger charge is -2.44. The van der Waals surface area contributed by atoms with Crippen molar-refractivity contribution in [3.63, 3.8) is 0 Å². The first-order chi connectivity index (χ1) is 9.30. The number of likely N-dealkylation sites (N-methyl/N-ethyl adjacent to an activating group) is 1. The van der Waals surface area contributed by atoms with Crippen molar-refractivity contribution in [1.82, 2.24) is 5.32 Å². The zero-order valence-corrected chi connectivity index (χ0v) is 12.7. The molecule has 0 radical (unpaired) electrons. The number of ether oxygens (including phenoxy) is 2. The lowest BCUT2D eigenvalue weighted by molar-refractivity contribution is -0.0952. The fourth-order valence-corrected chi connectivity index (χ4v) is 3.94. The van der Waals surface area contributed by atoms with Crippen molar-refractivity contribution in [3.05, 3.63) is 0 Å². The number of hydrogen-bond acceptors (Lipinski definition) is 3. The fraction of sp³-hybridized carbons (Fsp3) is 1.00. The molecule has 0 aromatic rings. The van der Waals surface area contributed by atoms with Gasteiger partial charge in [-0.2, -0.15) is 0 Å². The molecule has 112 valence electrons. The molecule has 1 aliphatic carbocycles. The van der Waals surface area contributed by atoms with E-state index in [4.69, 9.17) is 9.47 Å². The Hall–Kier alpha value is -0.120. The Morgan fingerprint density at radius 1 is 1.21 bits per heavy atom. The highest BCUT2D eigenvalue weighted by Gasteiger charge is 2.40. The molecule has 2 fully saturated rings. The van der Waals surface area contributed by atoms with Crippen LogP contribution >= 0.6 is 0 Å². The third-order valence-electron chi connectivity index (χ3n) is 5.03. The van der Waals surface area contributed by atoms with Gasteiger partial charge in [-0.15, -0.1) is 0 Å². The van der Waals surface area contributed by atoms with Crippen LogP contribution in [0, 0.1) is 5.92 Å². The van der Waals surface area contributed by atoms with Gasteiger partial charge in [0.2, 0.25) is 0 Å². The minimum Gasteiger partial charge on any atom is -0.381 e. The Labute approximate surface area is 118 Å². The van der Waals surface area contributed by atoms with Crippen LogP contribution in [-0.2, 0) is 9.47 Å². The molecule has 1 unspecified atom stereocenters. The Bertz CT molecular complexity index is 240. The molecule has 1 heterocycles. The van der Waals surface area contributed by atoms with E-state index in [2.05, 4.69) is 19.3 Å². The van der Waals surface area contributed by atoms with Crippen LogP contribution in [0.2, 0.25) is 0 Å². The van der Waals surface area contributed by atoms with Gasteiger partial charge in [0.25, 0.3) is 0 Å². The van der Waals surface area contributed by atoms with Crippen molar-refractivity contribution >= 4 is 0 Å². The van der Waals surface area contributed by atoms with E-state index in [1.54, 1.807) is 0 Å². The summed E-state index contributed by atoms with van der Waals surface area (Å²) < 4.78 is 11.8. The Kier molecular flexibility index (Phi) is 6.11. The molecular formula is C16H31NO2. The van der Waals surface area contributed by atoms with E-state index in [1.807, 2.05) is 0 Å². The van der Waals surface area contributed by atoms with E-state index in [9.17, 15) is 0 Å². The molecule has 1 atom stereocenters. The standard InChI is InChI=1S/C16H31NO2/c1-3-19-16(9-5-4-6-10-16)15(17-2)13-14-7-11-18-12-8-14/h14-15,17H,3-13H2,1-2H3. The minimum absolute atomic E-state index is 0.0973. The lowest BCUT2D eigenvalue weighted by atomic mass is 9.75. The molecule has 2 aliphatic rings. The van der Waals surface area contributed by atoms with Gasteiger partial charge < -0.3 is 14.8 Å². The fourth-order valence-electron chi connectivity index (χ4n) is 3.94. The van der Waals surface area contributed by atoms with E-state index in [0.717, 1.165) is 25.7 Å². The predicted octanol–water partition coefficient (Wildman–Crippen LogP) is 3.13. The molecule has 1 saturated heterocycles.